The van der Waals surface area contributed by atoms with Crippen molar-refractivity contribution in [3.63, 3.8) is 0 Å². The van der Waals surface area contributed by atoms with Crippen molar-refractivity contribution < 1.29 is 41.0 Å². The second kappa shape index (κ2) is 10.6. The van der Waals surface area contributed by atoms with Crippen molar-refractivity contribution in [3.05, 3.63) is 92.5 Å². The Labute approximate surface area is 220 Å². The predicted octanol–water partition coefficient (Wildman–Crippen LogP) is 6.09. The van der Waals surface area contributed by atoms with Crippen LogP contribution < -0.4 is 9.47 Å². The van der Waals surface area contributed by atoms with Crippen LogP contribution in [0.15, 0.2) is 42.5 Å². The molecule has 0 radical (unpaired) electrons. The fourth-order valence-electron chi connectivity index (χ4n) is 3.77. The lowest BCUT2D eigenvalue weighted by Crippen LogP contribution is -2.12. The molecule has 0 N–H and O–H groups in total. The van der Waals surface area contributed by atoms with Crippen LogP contribution in [0, 0.1) is 40.3 Å². The number of nitrogens with zero attached hydrogens (tertiary/aromatic N) is 3. The molecule has 9 nitrogen and oxygen atoms in total. The Morgan fingerprint density at radius 2 is 1.49 bits per heavy atom. The number of nitro groups is 1. The highest BCUT2D eigenvalue weighted by atomic mass is 31.2. The number of ether oxygens (including phenoxy) is 2. The maximum Gasteiger partial charge on any atom is 0.346 e. The molecule has 0 unspecified atom stereocenters. The van der Waals surface area contributed by atoms with Gasteiger partial charge in [-0.2, -0.15) is 8.78 Å². The fourth-order valence-corrected chi connectivity index (χ4v) is 5.94. The Kier molecular flexibility index (Phi) is 7.34. The molecule has 0 spiro atoms. The molecule has 0 aliphatic carbocycles. The highest BCUT2D eigenvalue weighted by Crippen LogP contribution is 2.61. The summed E-state index contributed by atoms with van der Waals surface area (Å²) in [6, 6.07) is 10.3. The molecule has 0 amide bonds. The lowest BCUT2D eigenvalue weighted by molar-refractivity contribution is -0.385. The first-order valence-corrected chi connectivity index (χ1v) is 13.4. The van der Waals surface area contributed by atoms with Gasteiger partial charge < -0.3 is 14.0 Å². The normalized spacial score (nSPS) is 15.3. The van der Waals surface area contributed by atoms with Crippen molar-refractivity contribution in [1.82, 2.24) is 9.34 Å². The molecule has 2 aliphatic rings. The Hall–Kier alpha value is -3.51. The lowest BCUT2D eigenvalue weighted by atomic mass is 10.1. The van der Waals surface area contributed by atoms with E-state index >= 15 is 0 Å². The number of nitro benzene ring substituents is 1. The summed E-state index contributed by atoms with van der Waals surface area (Å²) in [4.78, 5) is 10.8. The SMILES string of the molecule is Cc1ccc(Oc2cc(COc3c(F)c(F)c(COP(=O)(N4CC4)N4CC4)c(F)c3F)ccc2[N+](=O)[O-])cc1. The fraction of sp³-hybridized carbons (Fsp3) is 0.280. The zero-order valence-corrected chi connectivity index (χ0v) is 21.4. The van der Waals surface area contributed by atoms with Gasteiger partial charge in [0.05, 0.1) is 17.1 Å². The summed E-state index contributed by atoms with van der Waals surface area (Å²) in [6.45, 7) is 2.24. The van der Waals surface area contributed by atoms with Gasteiger partial charge in [-0.05, 0) is 36.8 Å². The molecular formula is C25H22F4N3O6P. The maximum absolute atomic E-state index is 14.8. The van der Waals surface area contributed by atoms with Crippen molar-refractivity contribution >= 4 is 13.4 Å². The summed E-state index contributed by atoms with van der Waals surface area (Å²) >= 11 is 0. The zero-order valence-electron chi connectivity index (χ0n) is 20.5. The van der Waals surface area contributed by atoms with E-state index in [2.05, 4.69) is 0 Å². The quantitative estimate of drug-likeness (QED) is 0.0687. The molecule has 0 atom stereocenters. The second-order valence-corrected chi connectivity index (χ2v) is 11.4. The molecule has 2 aliphatic heterocycles. The maximum atomic E-state index is 14.8. The minimum Gasteiger partial charge on any atom is -0.483 e. The molecule has 2 saturated heterocycles. The van der Waals surface area contributed by atoms with Gasteiger partial charge in [0.25, 0.3) is 0 Å². The van der Waals surface area contributed by atoms with Crippen molar-refractivity contribution in [2.45, 2.75) is 20.1 Å². The number of aryl methyl sites for hydroxylation is 1. The van der Waals surface area contributed by atoms with Crippen LogP contribution in [0.4, 0.5) is 23.2 Å². The molecule has 5 rings (SSSR count). The van der Waals surface area contributed by atoms with Gasteiger partial charge in [-0.25, -0.2) is 18.1 Å². The average molecular weight is 567 g/mol. The molecule has 3 aromatic carbocycles. The van der Waals surface area contributed by atoms with Crippen LogP contribution in [0.25, 0.3) is 0 Å². The molecular weight excluding hydrogens is 545 g/mol. The largest absolute Gasteiger partial charge is 0.483 e. The third-order valence-corrected chi connectivity index (χ3v) is 8.80. The lowest BCUT2D eigenvalue weighted by Gasteiger charge is -2.20. The van der Waals surface area contributed by atoms with E-state index in [1.165, 1.54) is 21.5 Å². The predicted molar refractivity (Wildman–Crippen MR) is 130 cm³/mol. The van der Waals surface area contributed by atoms with Crippen molar-refractivity contribution in [1.29, 1.82) is 0 Å². The van der Waals surface area contributed by atoms with Crippen LogP contribution in [-0.4, -0.2) is 40.4 Å². The zero-order chi connectivity index (χ0) is 27.9. The third-order valence-electron chi connectivity index (χ3n) is 6.11. The van der Waals surface area contributed by atoms with Crippen LogP contribution in [0.5, 0.6) is 17.2 Å². The molecule has 0 bridgehead atoms. The van der Waals surface area contributed by atoms with Gasteiger partial charge in [0.15, 0.2) is 17.4 Å². The number of rotatable bonds is 11. The highest BCUT2D eigenvalue weighted by Gasteiger charge is 2.49. The second-order valence-electron chi connectivity index (χ2n) is 9.00. The summed E-state index contributed by atoms with van der Waals surface area (Å²) in [5.74, 6) is -8.23. The molecule has 206 valence electrons. The van der Waals surface area contributed by atoms with E-state index in [0.29, 0.717) is 31.9 Å². The Morgan fingerprint density at radius 1 is 0.897 bits per heavy atom. The molecule has 0 saturated carbocycles. The average Bonchev–Trinajstić information content (AvgIpc) is 3.81. The minimum absolute atomic E-state index is 0.169. The van der Waals surface area contributed by atoms with Crippen molar-refractivity contribution in [2.24, 2.45) is 0 Å². The van der Waals surface area contributed by atoms with E-state index in [1.54, 1.807) is 24.3 Å². The number of benzene rings is 3. The van der Waals surface area contributed by atoms with Crippen LogP contribution >= 0.6 is 7.67 Å². The van der Waals surface area contributed by atoms with Gasteiger partial charge in [-0.15, -0.1) is 0 Å². The summed E-state index contributed by atoms with van der Waals surface area (Å²) in [5.41, 5.74) is -0.311. The van der Waals surface area contributed by atoms with E-state index in [1.807, 2.05) is 6.92 Å². The first-order chi connectivity index (χ1) is 18.6. The van der Waals surface area contributed by atoms with E-state index in [4.69, 9.17) is 14.0 Å². The van der Waals surface area contributed by atoms with Gasteiger partial charge in [-0.1, -0.05) is 17.7 Å². The van der Waals surface area contributed by atoms with Crippen LogP contribution in [0.2, 0.25) is 0 Å². The van der Waals surface area contributed by atoms with E-state index in [9.17, 15) is 32.2 Å². The summed E-state index contributed by atoms with van der Waals surface area (Å²) < 4.78 is 91.0. The number of hydrogen-bond donors (Lipinski definition) is 0. The highest BCUT2D eigenvalue weighted by molar-refractivity contribution is 7.54. The third kappa shape index (κ3) is 5.62. The summed E-state index contributed by atoms with van der Waals surface area (Å²) in [7, 11) is -3.49. The standard InChI is InChI=1S/C25H22F4N3O6P/c1-15-2-5-17(6-3-15)38-20-12-16(4-7-19(20)32(33)34)13-36-25-23(28)21(26)18(22(27)24(25)29)14-37-39(35,30-8-9-30)31-10-11-31/h2-7,12H,8-11,13-14H2,1H3. The number of halogens is 4. The van der Waals surface area contributed by atoms with Gasteiger partial charge in [-0.3, -0.25) is 14.7 Å². The minimum atomic E-state index is -3.49. The Bertz CT molecular complexity index is 1440. The van der Waals surface area contributed by atoms with Crippen LogP contribution in [0.3, 0.4) is 0 Å². The van der Waals surface area contributed by atoms with Gasteiger partial charge in [0.2, 0.25) is 17.4 Å². The van der Waals surface area contributed by atoms with Gasteiger partial charge in [0, 0.05) is 32.2 Å². The molecule has 3 aromatic rings. The summed E-state index contributed by atoms with van der Waals surface area (Å²) in [6.07, 6.45) is 0. The summed E-state index contributed by atoms with van der Waals surface area (Å²) in [5, 5.41) is 11.4. The van der Waals surface area contributed by atoms with Crippen molar-refractivity contribution in [3.8, 4) is 17.2 Å². The molecule has 0 aromatic heterocycles. The molecule has 2 fully saturated rings. The first-order valence-electron chi connectivity index (χ1n) is 11.8. The van der Waals surface area contributed by atoms with Crippen molar-refractivity contribution in [2.75, 3.05) is 26.2 Å². The number of hydrogen-bond acceptors (Lipinski definition) is 6. The smallest absolute Gasteiger partial charge is 0.346 e. The topological polar surface area (TPSA) is 93.9 Å². The molecule has 39 heavy (non-hydrogen) atoms. The van der Waals surface area contributed by atoms with E-state index in [-0.39, 0.29) is 17.0 Å². The van der Waals surface area contributed by atoms with Crippen LogP contribution in [0.1, 0.15) is 16.7 Å². The monoisotopic (exact) mass is 567 g/mol. The van der Waals surface area contributed by atoms with E-state index in [0.717, 1.165) is 11.6 Å². The van der Waals surface area contributed by atoms with Crippen LogP contribution in [-0.2, 0) is 22.3 Å². The van der Waals surface area contributed by atoms with E-state index < -0.39 is 60.4 Å². The van der Waals surface area contributed by atoms with Gasteiger partial charge in [0.1, 0.15) is 12.4 Å². The van der Waals surface area contributed by atoms with Gasteiger partial charge >= 0.3 is 13.4 Å². The molecule has 2 heterocycles. The molecule has 14 heteroatoms. The first kappa shape index (κ1) is 27.1. The Morgan fingerprint density at radius 3 is 2.03 bits per heavy atom. The Balaban J connectivity index is 1.34.